The Labute approximate surface area is 128 Å². The summed E-state index contributed by atoms with van der Waals surface area (Å²) in [4.78, 5) is 14.2. The number of benzene rings is 1. The van der Waals surface area contributed by atoms with Crippen LogP contribution in [0.2, 0.25) is 5.02 Å². The maximum absolute atomic E-state index is 12.5. The van der Waals surface area contributed by atoms with E-state index in [9.17, 15) is 4.79 Å². The number of aromatic nitrogens is 2. The van der Waals surface area contributed by atoms with Crippen LogP contribution in [-0.2, 0) is 0 Å². The van der Waals surface area contributed by atoms with Crippen LogP contribution in [0.4, 0.5) is 11.4 Å². The second-order valence-corrected chi connectivity index (χ2v) is 5.07. The Morgan fingerprint density at radius 3 is 2.65 bits per heavy atom. The Hall–Kier alpha value is -1.66. The Bertz CT molecular complexity index is 640. The van der Waals surface area contributed by atoms with Crippen molar-refractivity contribution in [1.82, 2.24) is 9.78 Å². The van der Waals surface area contributed by atoms with E-state index in [1.807, 2.05) is 19.1 Å². The zero-order valence-electron chi connectivity index (χ0n) is 10.9. The normalized spacial score (nSPS) is 17.6. The molecular weight excluding hydrogens is 296 g/mol. The summed E-state index contributed by atoms with van der Waals surface area (Å²) >= 11 is 5.87. The molecule has 1 atom stereocenters. The molecule has 0 bridgehead atoms. The molecule has 1 amide bonds. The van der Waals surface area contributed by atoms with Gasteiger partial charge in [-0.25, -0.2) is 0 Å². The third-order valence-electron chi connectivity index (χ3n) is 3.27. The largest absolute Gasteiger partial charge is 0.396 e. The average Bonchev–Trinajstić information content (AvgIpc) is 2.78. The quantitative estimate of drug-likeness (QED) is 0.880. The molecule has 1 aromatic carbocycles. The lowest BCUT2D eigenvalue weighted by molar-refractivity contribution is 0.0954. The van der Waals surface area contributed by atoms with Crippen LogP contribution in [0.15, 0.2) is 30.5 Å². The number of hydrogen-bond donors (Lipinski definition) is 1. The number of carbonyl (C=O) groups is 1. The number of fused-ring (bicyclic) bond motifs is 1. The molecule has 1 aliphatic heterocycles. The predicted octanol–water partition coefficient (Wildman–Crippen LogP) is 2.45. The van der Waals surface area contributed by atoms with Gasteiger partial charge < -0.3 is 10.6 Å². The first-order valence-electron chi connectivity index (χ1n) is 5.98. The lowest BCUT2D eigenvalue weighted by Crippen LogP contribution is -2.42. The van der Waals surface area contributed by atoms with E-state index in [1.165, 1.54) is 6.20 Å². The molecule has 5 nitrogen and oxygen atoms in total. The molecule has 0 aliphatic carbocycles. The zero-order valence-corrected chi connectivity index (χ0v) is 12.6. The highest BCUT2D eigenvalue weighted by Gasteiger charge is 2.32. The van der Waals surface area contributed by atoms with Crippen LogP contribution < -0.4 is 10.6 Å². The van der Waals surface area contributed by atoms with Crippen LogP contribution in [0.25, 0.3) is 0 Å². The second-order valence-electron chi connectivity index (χ2n) is 4.63. The fourth-order valence-electron chi connectivity index (χ4n) is 2.33. The number of amides is 1. The summed E-state index contributed by atoms with van der Waals surface area (Å²) in [6.07, 6.45) is 1.52. The highest BCUT2D eigenvalue weighted by Crippen LogP contribution is 2.29. The summed E-state index contributed by atoms with van der Waals surface area (Å²) < 4.78 is 1.68. The maximum atomic E-state index is 12.5. The van der Waals surface area contributed by atoms with E-state index in [-0.39, 0.29) is 25.4 Å². The van der Waals surface area contributed by atoms with E-state index in [0.717, 1.165) is 5.69 Å². The summed E-state index contributed by atoms with van der Waals surface area (Å²) in [6, 6.07) is 7.28. The summed E-state index contributed by atoms with van der Waals surface area (Å²) in [5.74, 6) is -0.129. The van der Waals surface area contributed by atoms with Gasteiger partial charge in [0.15, 0.2) is 0 Å². The minimum atomic E-state index is -0.129. The summed E-state index contributed by atoms with van der Waals surface area (Å²) in [6.45, 7) is 2.57. The lowest BCUT2D eigenvalue weighted by atomic mass is 10.1. The van der Waals surface area contributed by atoms with Crippen molar-refractivity contribution in [3.63, 3.8) is 0 Å². The fourth-order valence-corrected chi connectivity index (χ4v) is 2.45. The van der Waals surface area contributed by atoms with Gasteiger partial charge >= 0.3 is 0 Å². The van der Waals surface area contributed by atoms with Gasteiger partial charge in [-0.05, 0) is 31.2 Å². The van der Waals surface area contributed by atoms with E-state index in [4.69, 9.17) is 17.3 Å². The van der Waals surface area contributed by atoms with Gasteiger partial charge in [0.25, 0.3) is 5.91 Å². The van der Waals surface area contributed by atoms with Crippen LogP contribution >= 0.6 is 25.1 Å². The van der Waals surface area contributed by atoms with Crippen LogP contribution in [-0.4, -0.2) is 22.2 Å². The van der Waals surface area contributed by atoms with E-state index in [1.54, 1.807) is 21.7 Å². The standard InChI is InChI=1S/C13H13ClN4O.H2S/c1-8-7-17(10-4-2-9(14)3-5-10)13(19)12-11(15)6-16-18(8)12;/h2-6,8H,7,15H2,1H3;1H2/t8-;/m0./s1. The van der Waals surface area contributed by atoms with Crippen molar-refractivity contribution in [2.24, 2.45) is 0 Å². The minimum absolute atomic E-state index is 0. The molecule has 20 heavy (non-hydrogen) atoms. The second kappa shape index (κ2) is 5.38. The first kappa shape index (κ1) is 14.7. The molecule has 106 valence electrons. The molecule has 0 unspecified atom stereocenters. The molecule has 1 aliphatic rings. The zero-order chi connectivity index (χ0) is 13.6. The molecule has 2 aromatic rings. The summed E-state index contributed by atoms with van der Waals surface area (Å²) in [5.41, 5.74) is 7.50. The highest BCUT2D eigenvalue weighted by molar-refractivity contribution is 7.59. The van der Waals surface area contributed by atoms with Crippen LogP contribution in [0, 0.1) is 0 Å². The molecule has 0 saturated heterocycles. The van der Waals surface area contributed by atoms with Gasteiger partial charge in [-0.2, -0.15) is 18.6 Å². The van der Waals surface area contributed by atoms with E-state index < -0.39 is 0 Å². The van der Waals surface area contributed by atoms with Crippen LogP contribution in [0.5, 0.6) is 0 Å². The Balaban J connectivity index is 0.00000147. The molecule has 2 N–H and O–H groups in total. The highest BCUT2D eigenvalue weighted by atomic mass is 35.5. The maximum Gasteiger partial charge on any atom is 0.278 e. The first-order valence-corrected chi connectivity index (χ1v) is 6.36. The van der Waals surface area contributed by atoms with Crippen molar-refractivity contribution < 1.29 is 4.79 Å². The van der Waals surface area contributed by atoms with Crippen molar-refractivity contribution in [3.05, 3.63) is 41.2 Å². The molecule has 0 saturated carbocycles. The lowest BCUT2D eigenvalue weighted by Gasteiger charge is -2.32. The molecule has 2 heterocycles. The van der Waals surface area contributed by atoms with E-state index in [0.29, 0.717) is 22.9 Å². The van der Waals surface area contributed by atoms with Crippen molar-refractivity contribution in [3.8, 4) is 0 Å². The predicted molar refractivity (Wildman–Crippen MR) is 84.9 cm³/mol. The number of rotatable bonds is 1. The minimum Gasteiger partial charge on any atom is -0.396 e. The summed E-state index contributed by atoms with van der Waals surface area (Å²) in [5, 5.41) is 4.80. The van der Waals surface area contributed by atoms with Crippen molar-refractivity contribution in [2.75, 3.05) is 17.2 Å². The van der Waals surface area contributed by atoms with Crippen molar-refractivity contribution in [2.45, 2.75) is 13.0 Å². The van der Waals surface area contributed by atoms with Gasteiger partial charge in [-0.15, -0.1) is 0 Å². The molecule has 1 aromatic heterocycles. The number of nitrogen functional groups attached to an aromatic ring is 1. The smallest absolute Gasteiger partial charge is 0.278 e. The summed E-state index contributed by atoms with van der Waals surface area (Å²) in [7, 11) is 0. The average molecular weight is 311 g/mol. The molecule has 7 heteroatoms. The Morgan fingerprint density at radius 1 is 1.35 bits per heavy atom. The van der Waals surface area contributed by atoms with E-state index >= 15 is 0 Å². The fraction of sp³-hybridized carbons (Fsp3) is 0.231. The Kier molecular flexibility index (Phi) is 3.96. The molecule has 3 rings (SSSR count). The van der Waals surface area contributed by atoms with Crippen LogP contribution in [0.3, 0.4) is 0 Å². The Morgan fingerprint density at radius 2 is 2.00 bits per heavy atom. The van der Waals surface area contributed by atoms with Gasteiger partial charge in [-0.1, -0.05) is 11.6 Å². The molecular formula is C13H15ClN4OS. The third-order valence-corrected chi connectivity index (χ3v) is 3.53. The monoisotopic (exact) mass is 310 g/mol. The number of nitrogens with zero attached hydrogens (tertiary/aromatic N) is 3. The first-order chi connectivity index (χ1) is 9.08. The number of nitrogens with two attached hydrogens (primary N) is 1. The topological polar surface area (TPSA) is 64.2 Å². The third kappa shape index (κ3) is 2.25. The van der Waals surface area contributed by atoms with E-state index in [2.05, 4.69) is 5.10 Å². The van der Waals surface area contributed by atoms with Gasteiger partial charge in [0.2, 0.25) is 0 Å². The molecule has 0 spiro atoms. The van der Waals surface area contributed by atoms with Crippen molar-refractivity contribution >= 4 is 42.4 Å². The van der Waals surface area contributed by atoms with Gasteiger partial charge in [0.05, 0.1) is 17.9 Å². The molecule has 0 fully saturated rings. The number of anilines is 2. The van der Waals surface area contributed by atoms with Crippen molar-refractivity contribution in [1.29, 1.82) is 0 Å². The SMILES string of the molecule is C[C@H]1CN(c2ccc(Cl)cc2)C(=O)c2c(N)cnn21.S. The van der Waals surface area contributed by atoms with Crippen LogP contribution in [0.1, 0.15) is 23.5 Å². The van der Waals surface area contributed by atoms with Gasteiger partial charge in [0.1, 0.15) is 5.69 Å². The number of halogens is 1. The van der Waals surface area contributed by atoms with Gasteiger partial charge in [0, 0.05) is 17.3 Å². The van der Waals surface area contributed by atoms with Gasteiger partial charge in [-0.3, -0.25) is 9.48 Å². The number of carbonyl (C=O) groups excluding carboxylic acids is 1. The molecule has 0 radical (unpaired) electrons. The number of hydrogen-bond acceptors (Lipinski definition) is 3.